The topological polar surface area (TPSA) is 38.7 Å². The van der Waals surface area contributed by atoms with Gasteiger partial charge in [0, 0.05) is 42.3 Å². The van der Waals surface area contributed by atoms with Crippen molar-refractivity contribution in [3.8, 4) is 78.7 Å². The lowest BCUT2D eigenvalue weighted by Crippen LogP contribution is -2.14. The van der Waals surface area contributed by atoms with E-state index in [1.165, 1.54) is 59.3 Å². The molecule has 0 aliphatic heterocycles. The minimum absolute atomic E-state index is 0.0573. The first kappa shape index (κ1) is 34.3. The number of fused-ring (bicyclic) bond motifs is 6. The van der Waals surface area contributed by atoms with Crippen molar-refractivity contribution in [2.45, 2.75) is 19.3 Å². The third-order valence-corrected chi connectivity index (χ3v) is 12.9. The number of thiophene rings is 1. The molecule has 2 heterocycles. The van der Waals surface area contributed by atoms with Crippen molar-refractivity contribution in [3.05, 3.63) is 199 Å². The summed E-state index contributed by atoms with van der Waals surface area (Å²) in [6.45, 7) is 4.65. The second-order valence-corrected chi connectivity index (χ2v) is 16.7. The summed E-state index contributed by atoms with van der Waals surface area (Å²) >= 11 is 1.81. The van der Waals surface area contributed by atoms with Crippen molar-refractivity contribution < 1.29 is 0 Å². The molecule has 8 aromatic carbocycles. The number of aromatic nitrogens is 3. The third-order valence-electron chi connectivity index (χ3n) is 11.8. The van der Waals surface area contributed by atoms with Crippen molar-refractivity contribution in [3.63, 3.8) is 0 Å². The van der Waals surface area contributed by atoms with Crippen molar-refractivity contribution in [1.29, 1.82) is 0 Å². The average molecular weight is 760 g/mol. The van der Waals surface area contributed by atoms with Crippen LogP contribution in [0, 0.1) is 0 Å². The van der Waals surface area contributed by atoms with Gasteiger partial charge >= 0.3 is 0 Å². The largest absolute Gasteiger partial charge is 0.208 e. The Hall–Kier alpha value is -7.01. The van der Waals surface area contributed by atoms with E-state index in [1.54, 1.807) is 0 Å². The Bertz CT molecular complexity index is 3180. The smallest absolute Gasteiger partial charge is 0.164 e. The van der Waals surface area contributed by atoms with E-state index in [2.05, 4.69) is 184 Å². The number of benzene rings is 8. The second-order valence-electron chi connectivity index (χ2n) is 15.6. The molecule has 0 spiro atoms. The van der Waals surface area contributed by atoms with Gasteiger partial charge < -0.3 is 0 Å². The molecule has 2 aromatic heterocycles. The van der Waals surface area contributed by atoms with Crippen LogP contribution >= 0.6 is 11.3 Å². The second kappa shape index (κ2) is 13.6. The van der Waals surface area contributed by atoms with Crippen LogP contribution in [0.5, 0.6) is 0 Å². The molecule has 0 bridgehead atoms. The van der Waals surface area contributed by atoms with E-state index in [1.807, 2.05) is 29.5 Å². The molecule has 0 amide bonds. The van der Waals surface area contributed by atoms with Gasteiger partial charge in [-0.1, -0.05) is 178 Å². The maximum atomic E-state index is 5.36. The average Bonchev–Trinajstić information content (AvgIpc) is 3.78. The predicted octanol–water partition coefficient (Wildman–Crippen LogP) is 14.5. The van der Waals surface area contributed by atoms with E-state index in [0.29, 0.717) is 17.5 Å². The highest BCUT2D eigenvalue weighted by Crippen LogP contribution is 2.50. The molecular weight excluding hydrogens is 723 g/mol. The lowest BCUT2D eigenvalue weighted by Gasteiger charge is -2.21. The van der Waals surface area contributed by atoms with E-state index in [-0.39, 0.29) is 5.41 Å². The quantitative estimate of drug-likeness (QED) is 0.169. The van der Waals surface area contributed by atoms with Crippen LogP contribution in [0.15, 0.2) is 188 Å². The first-order valence-corrected chi connectivity index (χ1v) is 20.6. The van der Waals surface area contributed by atoms with E-state index >= 15 is 0 Å². The minimum atomic E-state index is -0.0573. The number of hydrogen-bond donors (Lipinski definition) is 0. The lowest BCUT2D eigenvalue weighted by atomic mass is 9.82. The number of rotatable bonds is 6. The summed E-state index contributed by atoms with van der Waals surface area (Å²) in [6, 6.07) is 67.2. The Morgan fingerprint density at radius 2 is 0.879 bits per heavy atom. The molecule has 0 fully saturated rings. The molecule has 11 rings (SSSR count). The number of hydrogen-bond acceptors (Lipinski definition) is 4. The monoisotopic (exact) mass is 759 g/mol. The molecule has 1 aliphatic carbocycles. The van der Waals surface area contributed by atoms with E-state index < -0.39 is 0 Å². The van der Waals surface area contributed by atoms with Crippen LogP contribution in [0.3, 0.4) is 0 Å². The molecule has 4 heteroatoms. The van der Waals surface area contributed by atoms with Gasteiger partial charge in [0.1, 0.15) is 0 Å². The van der Waals surface area contributed by atoms with E-state index in [4.69, 9.17) is 15.0 Å². The van der Waals surface area contributed by atoms with Crippen LogP contribution in [0.2, 0.25) is 0 Å². The minimum Gasteiger partial charge on any atom is -0.208 e. The fraction of sp³-hybridized carbons (Fsp3) is 0.0556. The summed E-state index contributed by atoms with van der Waals surface area (Å²) < 4.78 is 2.44. The van der Waals surface area contributed by atoms with Gasteiger partial charge in [0.25, 0.3) is 0 Å². The van der Waals surface area contributed by atoms with Gasteiger partial charge in [0.05, 0.1) is 0 Å². The fourth-order valence-corrected chi connectivity index (χ4v) is 9.94. The molecule has 0 saturated carbocycles. The van der Waals surface area contributed by atoms with Gasteiger partial charge in [-0.3, -0.25) is 0 Å². The summed E-state index contributed by atoms with van der Waals surface area (Å²) in [4.78, 5) is 15.8. The molecule has 0 radical (unpaired) electrons. The van der Waals surface area contributed by atoms with Crippen LogP contribution < -0.4 is 0 Å². The van der Waals surface area contributed by atoms with Crippen molar-refractivity contribution in [2.24, 2.45) is 0 Å². The summed E-state index contributed by atoms with van der Waals surface area (Å²) in [5, 5.41) is 2.36. The van der Waals surface area contributed by atoms with Crippen LogP contribution in [0.1, 0.15) is 25.0 Å². The standard InChI is InChI=1S/C54H37N3S/c1-54(2)46-22-12-11-19-41(46)44-33-39(28-30-47(44)54)40-18-9-10-20-42(40)52-55-51(37-16-7-4-8-17-37)56-53(57-52)43-21-13-23-49-50(43)45-32-38(29-31-48(45)58-49)36-26-24-35(25-27-36)34-14-5-3-6-15-34/h3-33H,1-2H3. The van der Waals surface area contributed by atoms with Crippen LogP contribution in [-0.2, 0) is 5.41 Å². The zero-order valence-corrected chi connectivity index (χ0v) is 33.0. The van der Waals surface area contributed by atoms with E-state index in [0.717, 1.165) is 33.2 Å². The highest BCUT2D eigenvalue weighted by atomic mass is 32.1. The molecular formula is C54H37N3S. The Morgan fingerprint density at radius 3 is 1.64 bits per heavy atom. The van der Waals surface area contributed by atoms with Crippen LogP contribution in [-0.4, -0.2) is 15.0 Å². The zero-order valence-electron chi connectivity index (χ0n) is 32.1. The summed E-state index contributed by atoms with van der Waals surface area (Å²) in [5.74, 6) is 1.96. The Balaban J connectivity index is 1.07. The highest BCUT2D eigenvalue weighted by Gasteiger charge is 2.35. The molecule has 0 atom stereocenters. The molecule has 58 heavy (non-hydrogen) atoms. The van der Waals surface area contributed by atoms with Gasteiger partial charge in [0.2, 0.25) is 0 Å². The first-order valence-electron chi connectivity index (χ1n) is 19.8. The van der Waals surface area contributed by atoms with Gasteiger partial charge in [-0.05, 0) is 79.9 Å². The highest BCUT2D eigenvalue weighted by molar-refractivity contribution is 7.26. The van der Waals surface area contributed by atoms with Gasteiger partial charge in [0.15, 0.2) is 17.5 Å². The van der Waals surface area contributed by atoms with E-state index in [9.17, 15) is 0 Å². The number of nitrogens with zero attached hydrogens (tertiary/aromatic N) is 3. The molecule has 274 valence electrons. The predicted molar refractivity (Wildman–Crippen MR) is 243 cm³/mol. The van der Waals surface area contributed by atoms with Gasteiger partial charge in [-0.15, -0.1) is 11.3 Å². The zero-order chi connectivity index (χ0) is 38.8. The summed E-state index contributed by atoms with van der Waals surface area (Å²) in [7, 11) is 0. The third kappa shape index (κ3) is 5.68. The molecule has 0 N–H and O–H groups in total. The maximum absolute atomic E-state index is 5.36. The van der Waals surface area contributed by atoms with Crippen LogP contribution in [0.4, 0.5) is 0 Å². The lowest BCUT2D eigenvalue weighted by molar-refractivity contribution is 0.660. The van der Waals surface area contributed by atoms with Crippen molar-refractivity contribution >= 4 is 31.5 Å². The summed E-state index contributed by atoms with van der Waals surface area (Å²) in [6.07, 6.45) is 0. The fourth-order valence-electron chi connectivity index (χ4n) is 8.83. The SMILES string of the molecule is CC1(C)c2ccccc2-c2cc(-c3ccccc3-c3nc(-c4ccccc4)nc(-c4cccc5sc6ccc(-c7ccc(-c8ccccc8)cc7)cc6c45)n3)ccc21. The molecule has 3 nitrogen and oxygen atoms in total. The van der Waals surface area contributed by atoms with Crippen molar-refractivity contribution in [1.82, 2.24) is 15.0 Å². The Labute approximate surface area is 342 Å². The van der Waals surface area contributed by atoms with Crippen molar-refractivity contribution in [2.75, 3.05) is 0 Å². The Morgan fingerprint density at radius 1 is 0.345 bits per heavy atom. The molecule has 0 saturated heterocycles. The van der Waals surface area contributed by atoms with Crippen LogP contribution in [0.25, 0.3) is 98.8 Å². The summed E-state index contributed by atoms with van der Waals surface area (Å²) in [5.41, 5.74) is 15.2. The molecule has 0 unspecified atom stereocenters. The maximum Gasteiger partial charge on any atom is 0.164 e. The first-order chi connectivity index (χ1) is 28.5. The van der Waals surface area contributed by atoms with Gasteiger partial charge in [-0.2, -0.15) is 0 Å². The Kier molecular flexibility index (Phi) is 8.02. The normalized spacial score (nSPS) is 12.8. The molecule has 10 aromatic rings. The van der Waals surface area contributed by atoms with Gasteiger partial charge in [-0.25, -0.2) is 15.0 Å². The molecule has 1 aliphatic rings.